The number of ether oxygens (including phenoxy) is 1. The normalized spacial score (nSPS) is 18.3. The van der Waals surface area contributed by atoms with Crippen LogP contribution >= 0.6 is 0 Å². The Labute approximate surface area is 489 Å². The molecule has 82 heavy (non-hydrogen) atoms. The van der Waals surface area contributed by atoms with Crippen molar-refractivity contribution in [3.63, 3.8) is 0 Å². The summed E-state index contributed by atoms with van der Waals surface area (Å²) in [7, 11) is 0. The zero-order valence-corrected chi connectivity index (χ0v) is 53.0. The summed E-state index contributed by atoms with van der Waals surface area (Å²) in [6, 6.07) is 47.1. The van der Waals surface area contributed by atoms with Crippen molar-refractivity contribution >= 4 is 33.3 Å². The first-order valence-electron chi connectivity index (χ1n) is 30.2. The monoisotopic (exact) mass is 1080 g/mol. The molecule has 0 radical (unpaired) electrons. The summed E-state index contributed by atoms with van der Waals surface area (Å²) in [5.74, 6) is 3.96. The molecule has 0 saturated heterocycles. The van der Waals surface area contributed by atoms with Crippen LogP contribution in [0.5, 0.6) is 11.5 Å². The zero-order chi connectivity index (χ0) is 58.9. The number of rotatable bonds is 7. The van der Waals surface area contributed by atoms with Gasteiger partial charge in [-0.25, -0.2) is 4.98 Å². The SMILES string of the molecule is Cc1cc(C)c(-c2cc(Oc3cc4c(cc3C)c3cc(C(C)(C)C)cc5c3n4-c3ncccc3C5(C)C)cc(C3=N[C@]4(C)c5ccc(C(C)(C)C)cc5-c5cc(C(C)(C)C)ccc5[C@]4(C)N3c3c(C(C)C)cccc3C(C)C)c2)c(C)c1. The Balaban J connectivity index is 1.15. The maximum absolute atomic E-state index is 7.56. The van der Waals surface area contributed by atoms with Gasteiger partial charge < -0.3 is 9.64 Å². The largest absolute Gasteiger partial charge is 0.457 e. The van der Waals surface area contributed by atoms with Gasteiger partial charge in [0.15, 0.2) is 0 Å². The number of fused-ring (bicyclic) bond motifs is 11. The predicted molar refractivity (Wildman–Crippen MR) is 348 cm³/mol. The van der Waals surface area contributed by atoms with Crippen molar-refractivity contribution < 1.29 is 4.74 Å². The van der Waals surface area contributed by atoms with Crippen LogP contribution in [0.3, 0.4) is 0 Å². The molecule has 0 bridgehead atoms. The van der Waals surface area contributed by atoms with Crippen LogP contribution in [0.4, 0.5) is 5.69 Å². The number of hydrogen-bond donors (Lipinski definition) is 0. The maximum Gasteiger partial charge on any atom is 0.141 e. The van der Waals surface area contributed by atoms with E-state index in [9.17, 15) is 0 Å². The second-order valence-electron chi connectivity index (χ2n) is 29.3. The van der Waals surface area contributed by atoms with Gasteiger partial charge in [0, 0.05) is 39.6 Å². The summed E-state index contributed by atoms with van der Waals surface area (Å²) >= 11 is 0. The van der Waals surface area contributed by atoms with Gasteiger partial charge in [-0.1, -0.05) is 188 Å². The fourth-order valence-electron chi connectivity index (χ4n) is 14.5. The first-order chi connectivity index (χ1) is 38.3. The van der Waals surface area contributed by atoms with Crippen LogP contribution < -0.4 is 9.64 Å². The minimum atomic E-state index is -0.736. The number of pyridine rings is 1. The van der Waals surface area contributed by atoms with E-state index in [1.165, 1.54) is 105 Å². The van der Waals surface area contributed by atoms with Crippen molar-refractivity contribution in [2.24, 2.45) is 4.99 Å². The summed E-state index contributed by atoms with van der Waals surface area (Å²) in [6.07, 6.45) is 1.94. The topological polar surface area (TPSA) is 42.6 Å². The number of aliphatic imine (C=N–C) groups is 1. The highest BCUT2D eigenvalue weighted by atomic mass is 16.5. The van der Waals surface area contributed by atoms with Crippen molar-refractivity contribution in [3.05, 3.63) is 205 Å². The summed E-state index contributed by atoms with van der Waals surface area (Å²) in [6.45, 7) is 48.9. The lowest BCUT2D eigenvalue weighted by atomic mass is 9.62. The summed E-state index contributed by atoms with van der Waals surface area (Å²) in [5, 5.41) is 2.46. The van der Waals surface area contributed by atoms with Crippen LogP contribution in [0.25, 0.3) is 49.9 Å². The second kappa shape index (κ2) is 18.4. The molecule has 2 aromatic heterocycles. The molecular formula is C77H86N4O. The van der Waals surface area contributed by atoms with Gasteiger partial charge in [0.1, 0.15) is 28.7 Å². The summed E-state index contributed by atoms with van der Waals surface area (Å²) in [5.41, 5.74) is 24.1. The van der Waals surface area contributed by atoms with Gasteiger partial charge in [0.25, 0.3) is 0 Å². The van der Waals surface area contributed by atoms with Gasteiger partial charge in [0.05, 0.1) is 22.3 Å². The molecule has 5 heteroatoms. The molecule has 1 aliphatic carbocycles. The van der Waals surface area contributed by atoms with E-state index in [-0.39, 0.29) is 33.5 Å². The summed E-state index contributed by atoms with van der Waals surface area (Å²) < 4.78 is 9.98. The van der Waals surface area contributed by atoms with Crippen LogP contribution in [-0.2, 0) is 32.7 Å². The van der Waals surface area contributed by atoms with Crippen LogP contribution in [0.1, 0.15) is 207 Å². The van der Waals surface area contributed by atoms with Gasteiger partial charge in [-0.3, -0.25) is 9.56 Å². The molecule has 0 fully saturated rings. The van der Waals surface area contributed by atoms with E-state index in [0.29, 0.717) is 0 Å². The lowest BCUT2D eigenvalue weighted by molar-refractivity contribution is 0.292. The molecule has 7 aromatic carbocycles. The van der Waals surface area contributed by atoms with Gasteiger partial charge >= 0.3 is 0 Å². The van der Waals surface area contributed by atoms with E-state index in [2.05, 4.69) is 276 Å². The minimum Gasteiger partial charge on any atom is -0.457 e. The Bertz CT molecular complexity index is 4140. The highest BCUT2D eigenvalue weighted by Crippen LogP contribution is 2.63. The highest BCUT2D eigenvalue weighted by molar-refractivity contribution is 6.16. The third kappa shape index (κ3) is 8.20. The third-order valence-electron chi connectivity index (χ3n) is 19.3. The predicted octanol–water partition coefficient (Wildman–Crippen LogP) is 20.7. The Morgan fingerprint density at radius 3 is 1.71 bits per heavy atom. The molecule has 0 amide bonds. The molecule has 0 N–H and O–H groups in total. The molecule has 0 spiro atoms. The molecule has 0 saturated carbocycles. The average Bonchev–Trinajstić information content (AvgIpc) is 4.08. The molecule has 2 atom stereocenters. The van der Waals surface area contributed by atoms with Crippen molar-refractivity contribution in [1.29, 1.82) is 0 Å². The van der Waals surface area contributed by atoms with Crippen molar-refractivity contribution in [2.45, 2.75) is 190 Å². The molecule has 0 unspecified atom stereocenters. The molecule has 4 heterocycles. The average molecular weight is 1080 g/mol. The molecule has 420 valence electrons. The molecule has 3 aliphatic rings. The van der Waals surface area contributed by atoms with E-state index in [4.69, 9.17) is 14.7 Å². The standard InChI is InChI=1S/C77H86N4O/c1-43(2)55-24-22-25-56(44(3)4)68(55)81-70(79-76(20)61-29-27-51(72(9,10)11)38-57(61)58-39-52(73(12,13)14)28-30-62(58)77(76,81)21)50-35-49(67-47(7)32-45(5)33-48(67)8)36-54(37-50)82-66-42-65-59(34-46(66)6)60-40-53(74(15,16)17)41-64-69(60)80(65)71-63(75(64,18)19)26-23-31-78-71/h22-44H,1-21H3/t76-,77+/m1/s1. The Kier molecular flexibility index (Phi) is 12.4. The number of anilines is 1. The van der Waals surface area contributed by atoms with Crippen LogP contribution in [0.15, 0.2) is 133 Å². The molecule has 5 nitrogen and oxygen atoms in total. The zero-order valence-electron chi connectivity index (χ0n) is 53.0. The quantitative estimate of drug-likeness (QED) is 0.160. The van der Waals surface area contributed by atoms with E-state index >= 15 is 0 Å². The fourth-order valence-corrected chi connectivity index (χ4v) is 14.5. The maximum atomic E-state index is 7.56. The van der Waals surface area contributed by atoms with E-state index in [1.54, 1.807) is 0 Å². The van der Waals surface area contributed by atoms with Gasteiger partial charge in [0.2, 0.25) is 0 Å². The first-order valence-corrected chi connectivity index (χ1v) is 30.2. The van der Waals surface area contributed by atoms with E-state index < -0.39 is 11.1 Å². The third-order valence-corrected chi connectivity index (χ3v) is 19.3. The lowest BCUT2D eigenvalue weighted by Crippen LogP contribution is -2.55. The second-order valence-corrected chi connectivity index (χ2v) is 29.3. The number of benzene rings is 7. The smallest absolute Gasteiger partial charge is 0.141 e. The van der Waals surface area contributed by atoms with Gasteiger partial charge in [-0.05, 0) is 189 Å². The number of nitrogens with zero attached hydrogens (tertiary/aromatic N) is 4. The van der Waals surface area contributed by atoms with Crippen molar-refractivity contribution in [3.8, 4) is 39.6 Å². The summed E-state index contributed by atoms with van der Waals surface area (Å²) in [4.78, 5) is 14.2. The van der Waals surface area contributed by atoms with Gasteiger partial charge in [-0.2, -0.15) is 0 Å². The number of para-hydroxylation sites is 1. The van der Waals surface area contributed by atoms with E-state index in [1.807, 2.05) is 6.20 Å². The van der Waals surface area contributed by atoms with Crippen LogP contribution in [0.2, 0.25) is 0 Å². The van der Waals surface area contributed by atoms with Crippen LogP contribution in [0, 0.1) is 27.7 Å². The first kappa shape index (κ1) is 55.3. The highest BCUT2D eigenvalue weighted by Gasteiger charge is 2.62. The number of aryl methyl sites for hydroxylation is 4. The van der Waals surface area contributed by atoms with Crippen LogP contribution in [-0.4, -0.2) is 15.4 Å². The lowest BCUT2D eigenvalue weighted by Gasteiger charge is -2.51. The Morgan fingerprint density at radius 2 is 1.11 bits per heavy atom. The Morgan fingerprint density at radius 1 is 0.524 bits per heavy atom. The minimum absolute atomic E-state index is 0.0449. The van der Waals surface area contributed by atoms with Crippen molar-refractivity contribution in [2.75, 3.05) is 4.90 Å². The van der Waals surface area contributed by atoms with Crippen molar-refractivity contribution in [1.82, 2.24) is 9.55 Å². The molecule has 9 aromatic rings. The molecule has 12 rings (SSSR count). The number of amidine groups is 1. The fraction of sp³-hybridized carbons (Fsp3) is 0.377. The van der Waals surface area contributed by atoms with E-state index in [0.717, 1.165) is 45.4 Å². The molecule has 2 aliphatic heterocycles. The molecular weight excluding hydrogens is 997 g/mol. The number of aromatic nitrogens is 2. The number of hydrogen-bond acceptors (Lipinski definition) is 4. The Hall–Kier alpha value is -7.24. The van der Waals surface area contributed by atoms with Gasteiger partial charge in [-0.15, -0.1) is 0 Å².